The molecule has 1 N–H and O–H groups in total. The lowest BCUT2D eigenvalue weighted by atomic mass is 9.93. The first-order chi connectivity index (χ1) is 12.1. The maximum atomic E-state index is 11.6. The highest BCUT2D eigenvalue weighted by molar-refractivity contribution is 7.99. The van der Waals surface area contributed by atoms with Crippen LogP contribution in [0.25, 0.3) is 0 Å². The largest absolute Gasteiger partial charge is 0.352 e. The summed E-state index contributed by atoms with van der Waals surface area (Å²) in [5, 5.41) is 3.16. The van der Waals surface area contributed by atoms with Crippen LogP contribution in [0.4, 0.5) is 0 Å². The number of likely N-dealkylation sites (tertiary alicyclic amines) is 1. The summed E-state index contributed by atoms with van der Waals surface area (Å²) in [6.45, 7) is 6.69. The number of nitrogens with one attached hydrogen (secondary N) is 1. The van der Waals surface area contributed by atoms with E-state index in [4.69, 9.17) is 0 Å². The van der Waals surface area contributed by atoms with Crippen molar-refractivity contribution in [2.75, 3.05) is 25.4 Å². The molecule has 1 aliphatic heterocycles. The highest BCUT2D eigenvalue weighted by atomic mass is 32.2. The minimum atomic E-state index is 0.0580. The molecule has 2 atom stereocenters. The predicted octanol–water partition coefficient (Wildman–Crippen LogP) is 3.69. The molecule has 0 spiro atoms. The van der Waals surface area contributed by atoms with Gasteiger partial charge in [-0.25, -0.2) is 0 Å². The van der Waals surface area contributed by atoms with E-state index in [2.05, 4.69) is 71.7 Å². The van der Waals surface area contributed by atoms with Crippen molar-refractivity contribution in [3.8, 4) is 0 Å². The van der Waals surface area contributed by atoms with Crippen LogP contribution in [-0.2, 0) is 4.79 Å². The van der Waals surface area contributed by atoms with Crippen molar-refractivity contribution in [1.29, 1.82) is 0 Å². The predicted molar refractivity (Wildman–Crippen MR) is 105 cm³/mol. The Balaban J connectivity index is 1.60. The molecule has 1 amide bonds. The summed E-state index contributed by atoms with van der Waals surface area (Å²) >= 11 is 1.89. The Morgan fingerprint density at radius 3 is 2.52 bits per heavy atom. The highest BCUT2D eigenvalue weighted by Crippen LogP contribution is 2.28. The maximum absolute atomic E-state index is 11.6. The van der Waals surface area contributed by atoms with Gasteiger partial charge in [0.1, 0.15) is 0 Å². The summed E-state index contributed by atoms with van der Waals surface area (Å²) < 4.78 is 0. The molecular weight excluding hydrogens is 328 g/mol. The fourth-order valence-corrected chi connectivity index (χ4v) is 4.37. The minimum Gasteiger partial charge on any atom is -0.352 e. The molecule has 3 nitrogen and oxygen atoms in total. The van der Waals surface area contributed by atoms with Gasteiger partial charge in [0.05, 0.1) is 0 Å². The average molecular weight is 355 g/mol. The van der Waals surface area contributed by atoms with Crippen molar-refractivity contribution in [3.63, 3.8) is 0 Å². The van der Waals surface area contributed by atoms with Crippen molar-refractivity contribution < 1.29 is 4.79 Å². The first-order valence-electron chi connectivity index (χ1n) is 8.85. The van der Waals surface area contributed by atoms with Crippen molar-refractivity contribution in [1.82, 2.24) is 10.2 Å². The molecule has 132 valence electrons. The number of benzene rings is 2. The first-order valence-corrected chi connectivity index (χ1v) is 9.84. The molecule has 2 aromatic carbocycles. The minimum absolute atomic E-state index is 0.0580. The summed E-state index contributed by atoms with van der Waals surface area (Å²) in [5.74, 6) is 1.49. The van der Waals surface area contributed by atoms with Crippen LogP contribution in [0.1, 0.15) is 24.0 Å². The Kier molecular flexibility index (Phi) is 6.16. The molecular formula is C21H26N2OS. The molecule has 3 rings (SSSR count). The molecule has 2 aromatic rings. The summed E-state index contributed by atoms with van der Waals surface area (Å²) in [7, 11) is 0. The third kappa shape index (κ3) is 5.10. The van der Waals surface area contributed by atoms with Gasteiger partial charge >= 0.3 is 0 Å². The van der Waals surface area contributed by atoms with E-state index >= 15 is 0 Å². The topological polar surface area (TPSA) is 32.3 Å². The fraction of sp³-hybridized carbons (Fsp3) is 0.381. The van der Waals surface area contributed by atoms with Gasteiger partial charge in [-0.2, -0.15) is 0 Å². The standard InChI is InChI=1S/C21H26N2OS/c1-16-8-10-18(11-9-16)20-14-23(15-21(20)22-17(2)24)12-13-25-19-6-4-3-5-7-19/h3-11,20-21H,12-15H2,1-2H3,(H,22,24). The lowest BCUT2D eigenvalue weighted by Crippen LogP contribution is -2.38. The van der Waals surface area contributed by atoms with E-state index in [-0.39, 0.29) is 11.9 Å². The number of aryl methyl sites for hydroxylation is 1. The van der Waals surface area contributed by atoms with E-state index in [0.717, 1.165) is 25.4 Å². The summed E-state index contributed by atoms with van der Waals surface area (Å²) in [6, 6.07) is 19.5. The van der Waals surface area contributed by atoms with Gasteiger partial charge in [0.15, 0.2) is 0 Å². The first kappa shape index (κ1) is 18.0. The van der Waals surface area contributed by atoms with E-state index in [1.165, 1.54) is 16.0 Å². The van der Waals surface area contributed by atoms with Crippen molar-refractivity contribution in [2.24, 2.45) is 0 Å². The van der Waals surface area contributed by atoms with Crippen LogP contribution in [-0.4, -0.2) is 42.2 Å². The number of carbonyl (C=O) groups is 1. The number of thioether (sulfide) groups is 1. The molecule has 0 aliphatic carbocycles. The van der Waals surface area contributed by atoms with Gasteiger partial charge in [0, 0.05) is 49.2 Å². The van der Waals surface area contributed by atoms with Crippen LogP contribution in [0, 0.1) is 6.92 Å². The third-order valence-electron chi connectivity index (χ3n) is 4.71. The van der Waals surface area contributed by atoms with Crippen LogP contribution in [0.3, 0.4) is 0 Å². The zero-order valence-electron chi connectivity index (χ0n) is 14.9. The second kappa shape index (κ2) is 8.54. The van der Waals surface area contributed by atoms with Crippen LogP contribution in [0.15, 0.2) is 59.5 Å². The Labute approximate surface area is 154 Å². The van der Waals surface area contributed by atoms with Crippen molar-refractivity contribution >= 4 is 17.7 Å². The molecule has 0 bridgehead atoms. The molecule has 2 unspecified atom stereocenters. The van der Waals surface area contributed by atoms with E-state index in [1.807, 2.05) is 11.8 Å². The lowest BCUT2D eigenvalue weighted by Gasteiger charge is -2.19. The fourth-order valence-electron chi connectivity index (χ4n) is 3.44. The number of amides is 1. The van der Waals surface area contributed by atoms with Crippen molar-refractivity contribution in [2.45, 2.75) is 30.7 Å². The molecule has 1 aliphatic rings. The quantitative estimate of drug-likeness (QED) is 0.803. The van der Waals surface area contributed by atoms with Crippen LogP contribution in [0.2, 0.25) is 0 Å². The lowest BCUT2D eigenvalue weighted by molar-refractivity contribution is -0.119. The summed E-state index contributed by atoms with van der Waals surface area (Å²) in [6.07, 6.45) is 0. The Morgan fingerprint density at radius 2 is 1.84 bits per heavy atom. The zero-order chi connectivity index (χ0) is 17.6. The second-order valence-electron chi connectivity index (χ2n) is 6.75. The SMILES string of the molecule is CC(=O)NC1CN(CCSc2ccccc2)CC1c1ccc(C)cc1. The molecule has 25 heavy (non-hydrogen) atoms. The number of nitrogens with zero attached hydrogens (tertiary/aromatic N) is 1. The van der Waals surface area contributed by atoms with E-state index in [9.17, 15) is 4.79 Å². The normalized spacial score (nSPS) is 20.6. The average Bonchev–Trinajstić information content (AvgIpc) is 2.98. The molecule has 0 saturated carbocycles. The van der Waals surface area contributed by atoms with E-state index < -0.39 is 0 Å². The molecule has 0 aromatic heterocycles. The zero-order valence-corrected chi connectivity index (χ0v) is 15.8. The molecule has 1 saturated heterocycles. The smallest absolute Gasteiger partial charge is 0.217 e. The van der Waals surface area contributed by atoms with Gasteiger partial charge in [-0.15, -0.1) is 11.8 Å². The number of hydrogen-bond donors (Lipinski definition) is 1. The monoisotopic (exact) mass is 354 g/mol. The highest BCUT2D eigenvalue weighted by Gasteiger charge is 2.33. The molecule has 4 heteroatoms. The maximum Gasteiger partial charge on any atom is 0.217 e. The van der Waals surface area contributed by atoms with Crippen LogP contribution >= 0.6 is 11.8 Å². The van der Waals surface area contributed by atoms with Gasteiger partial charge < -0.3 is 5.32 Å². The molecule has 1 heterocycles. The summed E-state index contributed by atoms with van der Waals surface area (Å²) in [4.78, 5) is 15.4. The van der Waals surface area contributed by atoms with Gasteiger partial charge in [-0.05, 0) is 24.6 Å². The molecule has 1 fully saturated rings. The number of hydrogen-bond acceptors (Lipinski definition) is 3. The Bertz CT molecular complexity index is 687. The van der Waals surface area contributed by atoms with E-state index in [1.54, 1.807) is 6.92 Å². The third-order valence-corrected chi connectivity index (χ3v) is 5.70. The molecule has 0 radical (unpaired) electrons. The van der Waals surface area contributed by atoms with Crippen molar-refractivity contribution in [3.05, 3.63) is 65.7 Å². The Morgan fingerprint density at radius 1 is 1.12 bits per heavy atom. The van der Waals surface area contributed by atoms with Gasteiger partial charge in [-0.3, -0.25) is 9.69 Å². The van der Waals surface area contributed by atoms with Crippen LogP contribution in [0.5, 0.6) is 0 Å². The van der Waals surface area contributed by atoms with Crippen LogP contribution < -0.4 is 5.32 Å². The van der Waals surface area contributed by atoms with Gasteiger partial charge in [0.25, 0.3) is 0 Å². The number of carbonyl (C=O) groups excluding carboxylic acids is 1. The second-order valence-corrected chi connectivity index (χ2v) is 7.91. The van der Waals surface area contributed by atoms with E-state index in [0.29, 0.717) is 5.92 Å². The van der Waals surface area contributed by atoms with Gasteiger partial charge in [0.2, 0.25) is 5.91 Å². The Hall–Kier alpha value is -1.78. The summed E-state index contributed by atoms with van der Waals surface area (Å²) in [5.41, 5.74) is 2.59. The van der Waals surface area contributed by atoms with Gasteiger partial charge in [-0.1, -0.05) is 48.0 Å². The number of rotatable bonds is 6.